The van der Waals surface area contributed by atoms with Gasteiger partial charge in [0.1, 0.15) is 9.65 Å². The van der Waals surface area contributed by atoms with Crippen LogP contribution in [-0.4, -0.2) is 35.8 Å². The molecular weight excluding hydrogens is 552 g/mol. The van der Waals surface area contributed by atoms with Crippen molar-refractivity contribution >= 4 is 75.7 Å². The van der Waals surface area contributed by atoms with E-state index in [0.29, 0.717) is 0 Å². The predicted molar refractivity (Wildman–Crippen MR) is 99.2 cm³/mol. The first-order chi connectivity index (χ1) is 10.3. The van der Waals surface area contributed by atoms with Crippen LogP contribution >= 0.6 is 63.7 Å². The minimum atomic E-state index is -0.512. The number of carbonyl (C=O) groups excluding carboxylic acids is 2. The van der Waals surface area contributed by atoms with Crippen molar-refractivity contribution in [3.63, 3.8) is 0 Å². The Bertz CT molecular complexity index is 494. The molecule has 0 aliphatic carbocycles. The molecule has 0 aromatic heterocycles. The molecule has 22 heavy (non-hydrogen) atoms. The van der Waals surface area contributed by atoms with E-state index in [0.717, 1.165) is 11.1 Å². The highest BCUT2D eigenvalue weighted by Gasteiger charge is 2.29. The minimum Gasteiger partial charge on any atom is -0.468 e. The molecule has 0 radical (unpaired) electrons. The number of rotatable bonds is 6. The van der Waals surface area contributed by atoms with Crippen molar-refractivity contribution in [2.45, 2.75) is 19.3 Å². The Morgan fingerprint density at radius 2 is 1.23 bits per heavy atom. The molecule has 8 heteroatoms. The fourth-order valence-corrected chi connectivity index (χ4v) is 3.69. The molecule has 4 nitrogen and oxygen atoms in total. The summed E-state index contributed by atoms with van der Waals surface area (Å²) in [7, 11) is 2.68. The summed E-state index contributed by atoms with van der Waals surface area (Å²) in [5.74, 6) is -0.730. The summed E-state index contributed by atoms with van der Waals surface area (Å²) in [4.78, 5) is 21.7. The Morgan fingerprint density at radius 3 is 1.55 bits per heavy atom. The van der Waals surface area contributed by atoms with Gasteiger partial charge in [-0.05, 0) is 11.1 Å². The smallest absolute Gasteiger partial charge is 0.320 e. The van der Waals surface area contributed by atoms with E-state index in [4.69, 9.17) is 9.47 Å². The summed E-state index contributed by atoms with van der Waals surface area (Å²) in [6.45, 7) is 0. The monoisotopic (exact) mass is 562 g/mol. The van der Waals surface area contributed by atoms with Crippen LogP contribution in [0.2, 0.25) is 0 Å². The third-order valence-electron chi connectivity index (χ3n) is 2.91. The van der Waals surface area contributed by atoms with Crippen LogP contribution in [0.1, 0.15) is 20.8 Å². The Balaban J connectivity index is 2.99. The molecule has 0 fully saturated rings. The first-order valence-corrected chi connectivity index (χ1v) is 9.81. The number of hydrogen-bond donors (Lipinski definition) is 0. The Labute approximate surface area is 162 Å². The lowest BCUT2D eigenvalue weighted by atomic mass is 10.0. The molecule has 0 aliphatic heterocycles. The lowest BCUT2D eigenvalue weighted by Gasteiger charge is -2.19. The fraction of sp³-hybridized carbons (Fsp3) is 0.429. The molecular formula is C14H14Br4O4. The summed E-state index contributed by atoms with van der Waals surface area (Å²) < 4.78 is 9.45. The molecule has 0 N–H and O–H groups in total. The van der Waals surface area contributed by atoms with Crippen molar-refractivity contribution in [1.29, 1.82) is 0 Å². The van der Waals surface area contributed by atoms with Gasteiger partial charge in [0.15, 0.2) is 0 Å². The largest absolute Gasteiger partial charge is 0.468 e. The van der Waals surface area contributed by atoms with Crippen molar-refractivity contribution in [2.75, 3.05) is 14.2 Å². The maximum absolute atomic E-state index is 11.6. The van der Waals surface area contributed by atoms with Gasteiger partial charge < -0.3 is 9.47 Å². The van der Waals surface area contributed by atoms with E-state index in [1.54, 1.807) is 0 Å². The van der Waals surface area contributed by atoms with Gasteiger partial charge in [-0.25, -0.2) is 0 Å². The minimum absolute atomic E-state index is 0.258. The van der Waals surface area contributed by atoms with Gasteiger partial charge >= 0.3 is 11.9 Å². The molecule has 0 unspecified atom stereocenters. The highest BCUT2D eigenvalue weighted by Crippen LogP contribution is 2.36. The third kappa shape index (κ3) is 5.04. The SMILES string of the molecule is COC(=O)[C@@H](Br)[C@@H](Br)c1cccc([C@@H](Br)[C@@H](Br)C(=O)OC)c1. The second-order valence-corrected chi connectivity index (χ2v) is 8.27. The number of carbonyl (C=O) groups is 2. The van der Waals surface area contributed by atoms with Crippen LogP contribution in [0.3, 0.4) is 0 Å². The van der Waals surface area contributed by atoms with Crippen molar-refractivity contribution in [1.82, 2.24) is 0 Å². The standard InChI is InChI=1S/C14H14Br4O4/c1-21-13(19)11(17)9(15)7-4-3-5-8(6-7)10(16)12(18)14(20)22-2/h3-6,9-12H,1-2H3/t9-,10+,11-,12+. The normalized spacial score (nSPS) is 16.3. The van der Waals surface area contributed by atoms with Crippen molar-refractivity contribution in [2.24, 2.45) is 0 Å². The second-order valence-electron chi connectivity index (χ2n) is 4.32. The molecule has 0 heterocycles. The van der Waals surface area contributed by atoms with E-state index in [2.05, 4.69) is 63.7 Å². The molecule has 0 saturated carbocycles. The number of esters is 2. The summed E-state index contributed by atoms with van der Waals surface area (Å²) in [5, 5.41) is 0. The summed E-state index contributed by atoms with van der Waals surface area (Å²) >= 11 is 13.6. The molecule has 0 bridgehead atoms. The summed E-state index contributed by atoms with van der Waals surface area (Å²) in [5.41, 5.74) is 1.78. The lowest BCUT2D eigenvalue weighted by molar-refractivity contribution is -0.140. The lowest BCUT2D eigenvalue weighted by Crippen LogP contribution is -2.21. The van der Waals surface area contributed by atoms with E-state index < -0.39 is 9.65 Å². The van der Waals surface area contributed by atoms with Gasteiger partial charge in [-0.2, -0.15) is 0 Å². The van der Waals surface area contributed by atoms with E-state index in [1.807, 2.05) is 24.3 Å². The first-order valence-electron chi connectivity index (χ1n) is 6.15. The molecule has 4 atom stereocenters. The summed E-state index contributed by atoms with van der Waals surface area (Å²) in [6.07, 6.45) is 0. The highest BCUT2D eigenvalue weighted by atomic mass is 79.9. The van der Waals surface area contributed by atoms with E-state index in [9.17, 15) is 9.59 Å². The number of hydrogen-bond acceptors (Lipinski definition) is 4. The van der Waals surface area contributed by atoms with Crippen LogP contribution in [-0.2, 0) is 19.1 Å². The zero-order valence-electron chi connectivity index (χ0n) is 11.8. The second kappa shape index (κ2) is 9.39. The molecule has 0 spiro atoms. The highest BCUT2D eigenvalue weighted by molar-refractivity contribution is 9.12. The maximum Gasteiger partial charge on any atom is 0.320 e. The van der Waals surface area contributed by atoms with E-state index in [-0.39, 0.29) is 21.6 Å². The van der Waals surface area contributed by atoms with Gasteiger partial charge in [0.05, 0.1) is 23.9 Å². The van der Waals surface area contributed by atoms with Crippen LogP contribution in [0.25, 0.3) is 0 Å². The molecule has 0 amide bonds. The quantitative estimate of drug-likeness (QED) is 0.378. The summed E-state index contributed by atoms with van der Waals surface area (Å²) in [6, 6.07) is 7.55. The maximum atomic E-state index is 11.6. The average molecular weight is 566 g/mol. The van der Waals surface area contributed by atoms with Crippen LogP contribution < -0.4 is 0 Å². The topological polar surface area (TPSA) is 52.6 Å². The van der Waals surface area contributed by atoms with Crippen LogP contribution in [0.5, 0.6) is 0 Å². The molecule has 122 valence electrons. The molecule has 0 saturated heterocycles. The van der Waals surface area contributed by atoms with E-state index in [1.165, 1.54) is 14.2 Å². The molecule has 1 rings (SSSR count). The van der Waals surface area contributed by atoms with Crippen molar-refractivity contribution < 1.29 is 19.1 Å². The van der Waals surface area contributed by atoms with Crippen molar-refractivity contribution in [3.05, 3.63) is 35.4 Å². The zero-order chi connectivity index (χ0) is 16.9. The van der Waals surface area contributed by atoms with Gasteiger partial charge in [0.2, 0.25) is 0 Å². The molecule has 1 aromatic rings. The Kier molecular flexibility index (Phi) is 8.59. The fourth-order valence-electron chi connectivity index (χ4n) is 1.70. The number of alkyl halides is 4. The van der Waals surface area contributed by atoms with Gasteiger partial charge in [-0.1, -0.05) is 88.0 Å². The van der Waals surface area contributed by atoms with Gasteiger partial charge in [0, 0.05) is 0 Å². The zero-order valence-corrected chi connectivity index (χ0v) is 18.1. The van der Waals surface area contributed by atoms with Crippen LogP contribution in [0, 0.1) is 0 Å². The van der Waals surface area contributed by atoms with E-state index >= 15 is 0 Å². The average Bonchev–Trinajstić information content (AvgIpc) is 2.57. The van der Waals surface area contributed by atoms with Crippen LogP contribution in [0.4, 0.5) is 0 Å². The third-order valence-corrected chi connectivity index (χ3v) is 8.25. The number of benzene rings is 1. The number of methoxy groups -OCH3 is 2. The molecule has 0 aliphatic rings. The van der Waals surface area contributed by atoms with Gasteiger partial charge in [-0.3, -0.25) is 9.59 Å². The predicted octanol–water partition coefficient (Wildman–Crippen LogP) is 4.43. The van der Waals surface area contributed by atoms with Crippen molar-refractivity contribution in [3.8, 4) is 0 Å². The molecule has 1 aromatic carbocycles. The number of halogens is 4. The Morgan fingerprint density at radius 1 is 0.864 bits per heavy atom. The number of ether oxygens (including phenoxy) is 2. The Hall–Kier alpha value is 0.0800. The van der Waals surface area contributed by atoms with Crippen LogP contribution in [0.15, 0.2) is 24.3 Å². The van der Waals surface area contributed by atoms with Gasteiger partial charge in [-0.15, -0.1) is 0 Å². The van der Waals surface area contributed by atoms with Gasteiger partial charge in [0.25, 0.3) is 0 Å². The first kappa shape index (κ1) is 20.1.